The number of hydrogen-bond acceptors (Lipinski definition) is 6. The maximum absolute atomic E-state index is 12.7. The summed E-state index contributed by atoms with van der Waals surface area (Å²) in [4.78, 5) is 24.7. The van der Waals surface area contributed by atoms with E-state index in [2.05, 4.69) is 27.2 Å². The summed E-state index contributed by atoms with van der Waals surface area (Å²) >= 11 is 0. The molecule has 3 aromatic rings. The minimum atomic E-state index is -0.428. The van der Waals surface area contributed by atoms with Gasteiger partial charge in [-0.25, -0.2) is 9.97 Å². The molecular formula is C22H27N5O3. The molecule has 0 bridgehead atoms. The van der Waals surface area contributed by atoms with Crippen molar-refractivity contribution in [2.24, 2.45) is 0 Å². The number of nitrogens with one attached hydrogen (secondary N) is 2. The number of nitrogens with zero attached hydrogens (tertiary/aromatic N) is 2. The minimum Gasteiger partial charge on any atom is -0.476 e. The molecule has 4 rings (SSSR count). The predicted molar refractivity (Wildman–Crippen MR) is 116 cm³/mol. The van der Waals surface area contributed by atoms with Gasteiger partial charge in [0.2, 0.25) is 5.82 Å². The molecule has 4 N–H and O–H groups in total. The molecule has 1 amide bonds. The fraction of sp³-hybridized carbons (Fsp3) is 0.409. The van der Waals surface area contributed by atoms with Gasteiger partial charge in [0, 0.05) is 18.4 Å². The first-order chi connectivity index (χ1) is 14.3. The molecule has 2 heterocycles. The third kappa shape index (κ3) is 3.82. The van der Waals surface area contributed by atoms with Crippen molar-refractivity contribution in [1.82, 2.24) is 15.0 Å². The number of aromatic amines is 1. The fourth-order valence-corrected chi connectivity index (χ4v) is 3.58. The van der Waals surface area contributed by atoms with E-state index < -0.39 is 5.91 Å². The van der Waals surface area contributed by atoms with Crippen LogP contribution in [0, 0.1) is 0 Å². The zero-order valence-electron chi connectivity index (χ0n) is 17.7. The van der Waals surface area contributed by atoms with Crippen molar-refractivity contribution in [2.45, 2.75) is 51.7 Å². The molecular weight excluding hydrogens is 382 g/mol. The van der Waals surface area contributed by atoms with Crippen molar-refractivity contribution in [1.29, 1.82) is 0 Å². The second-order valence-electron chi connectivity index (χ2n) is 8.30. The van der Waals surface area contributed by atoms with Crippen LogP contribution in [0.15, 0.2) is 24.3 Å². The maximum Gasteiger partial charge on any atom is 0.293 e. The Balaban J connectivity index is 1.66. The molecule has 1 aromatic carbocycles. The maximum atomic E-state index is 12.7. The SMILES string of the molecule is COCc1ccc(NC(=O)c2nc(N)c3c(C4(C)CC4)c(OC(C)C)[nH]c3n2)cc1. The number of rotatable bonds is 7. The highest BCUT2D eigenvalue weighted by molar-refractivity contribution is 6.04. The van der Waals surface area contributed by atoms with Crippen molar-refractivity contribution < 1.29 is 14.3 Å². The minimum absolute atomic E-state index is 0.00260. The molecule has 2 aromatic heterocycles. The summed E-state index contributed by atoms with van der Waals surface area (Å²) in [5.41, 5.74) is 9.46. The predicted octanol–water partition coefficient (Wildman–Crippen LogP) is 3.78. The first-order valence-corrected chi connectivity index (χ1v) is 10.1. The quantitative estimate of drug-likeness (QED) is 0.547. The zero-order valence-corrected chi connectivity index (χ0v) is 17.7. The summed E-state index contributed by atoms with van der Waals surface area (Å²) in [6, 6.07) is 7.40. The average molecular weight is 409 g/mol. The van der Waals surface area contributed by atoms with Crippen LogP contribution in [0.3, 0.4) is 0 Å². The van der Waals surface area contributed by atoms with Crippen LogP contribution in [-0.4, -0.2) is 34.1 Å². The van der Waals surface area contributed by atoms with Crippen molar-refractivity contribution in [3.8, 4) is 5.88 Å². The molecule has 0 atom stereocenters. The molecule has 158 valence electrons. The lowest BCUT2D eigenvalue weighted by Gasteiger charge is -2.14. The van der Waals surface area contributed by atoms with E-state index in [9.17, 15) is 4.79 Å². The highest BCUT2D eigenvalue weighted by Crippen LogP contribution is 2.54. The van der Waals surface area contributed by atoms with Gasteiger partial charge in [-0.15, -0.1) is 0 Å². The Morgan fingerprint density at radius 1 is 1.27 bits per heavy atom. The number of nitrogen functional groups attached to an aromatic ring is 1. The van der Waals surface area contributed by atoms with Gasteiger partial charge in [0.05, 0.1) is 18.1 Å². The summed E-state index contributed by atoms with van der Waals surface area (Å²) in [5.74, 6) is 0.514. The van der Waals surface area contributed by atoms with Crippen LogP contribution in [0.5, 0.6) is 5.88 Å². The lowest BCUT2D eigenvalue weighted by Crippen LogP contribution is -2.17. The van der Waals surface area contributed by atoms with E-state index in [1.54, 1.807) is 7.11 Å². The van der Waals surface area contributed by atoms with E-state index in [4.69, 9.17) is 15.2 Å². The van der Waals surface area contributed by atoms with Gasteiger partial charge >= 0.3 is 0 Å². The largest absolute Gasteiger partial charge is 0.476 e. The van der Waals surface area contributed by atoms with Crippen LogP contribution in [0.4, 0.5) is 11.5 Å². The molecule has 8 nitrogen and oxygen atoms in total. The smallest absolute Gasteiger partial charge is 0.293 e. The Bertz CT molecular complexity index is 1080. The van der Waals surface area contributed by atoms with Crippen molar-refractivity contribution in [2.75, 3.05) is 18.2 Å². The van der Waals surface area contributed by atoms with E-state index >= 15 is 0 Å². The molecule has 0 unspecified atom stereocenters. The van der Waals surface area contributed by atoms with Gasteiger partial charge in [-0.1, -0.05) is 19.1 Å². The third-order valence-electron chi connectivity index (χ3n) is 5.33. The second kappa shape index (κ2) is 7.60. The highest BCUT2D eigenvalue weighted by atomic mass is 16.5. The average Bonchev–Trinajstić information content (AvgIpc) is 3.31. The number of H-pyrrole nitrogens is 1. The summed E-state index contributed by atoms with van der Waals surface area (Å²) in [7, 11) is 1.64. The first-order valence-electron chi connectivity index (χ1n) is 10.1. The van der Waals surface area contributed by atoms with Gasteiger partial charge in [-0.3, -0.25) is 4.79 Å². The van der Waals surface area contributed by atoms with Gasteiger partial charge in [-0.05, 0) is 49.8 Å². The van der Waals surface area contributed by atoms with Crippen LogP contribution in [0.1, 0.15) is 55.4 Å². The number of carbonyl (C=O) groups is 1. The summed E-state index contributed by atoms with van der Waals surface area (Å²) in [6.07, 6.45) is 2.10. The number of benzene rings is 1. The molecule has 1 aliphatic rings. The molecule has 1 fully saturated rings. The number of ether oxygens (including phenoxy) is 2. The number of methoxy groups -OCH3 is 1. The molecule has 30 heavy (non-hydrogen) atoms. The van der Waals surface area contributed by atoms with E-state index in [0.717, 1.165) is 29.4 Å². The molecule has 1 saturated carbocycles. The monoisotopic (exact) mass is 409 g/mol. The summed E-state index contributed by atoms with van der Waals surface area (Å²) < 4.78 is 11.1. The van der Waals surface area contributed by atoms with Gasteiger partial charge in [0.25, 0.3) is 5.91 Å². The molecule has 8 heteroatoms. The fourth-order valence-electron chi connectivity index (χ4n) is 3.58. The van der Waals surface area contributed by atoms with E-state index in [1.165, 1.54) is 0 Å². The molecule has 0 aliphatic heterocycles. The zero-order chi connectivity index (χ0) is 21.5. The Morgan fingerprint density at radius 2 is 1.97 bits per heavy atom. The Hall–Kier alpha value is -3.13. The van der Waals surface area contributed by atoms with E-state index in [-0.39, 0.29) is 23.2 Å². The number of carbonyl (C=O) groups excluding carboxylic acids is 1. The number of aromatic nitrogens is 3. The Morgan fingerprint density at radius 3 is 2.57 bits per heavy atom. The van der Waals surface area contributed by atoms with Crippen LogP contribution in [0.2, 0.25) is 0 Å². The topological polar surface area (TPSA) is 115 Å². The second-order valence-corrected chi connectivity index (χ2v) is 8.30. The van der Waals surface area contributed by atoms with Crippen molar-refractivity contribution in [3.05, 3.63) is 41.2 Å². The molecule has 0 saturated heterocycles. The normalized spacial score (nSPS) is 14.8. The highest BCUT2D eigenvalue weighted by Gasteiger charge is 2.44. The van der Waals surface area contributed by atoms with Gasteiger partial charge in [0.15, 0.2) is 5.88 Å². The summed E-state index contributed by atoms with van der Waals surface area (Å²) in [6.45, 7) is 6.63. The Kier molecular flexibility index (Phi) is 5.11. The number of amides is 1. The van der Waals surface area contributed by atoms with Gasteiger partial charge in [0.1, 0.15) is 11.5 Å². The van der Waals surface area contributed by atoms with Crippen molar-refractivity contribution >= 4 is 28.4 Å². The lowest BCUT2D eigenvalue weighted by atomic mass is 9.98. The lowest BCUT2D eigenvalue weighted by molar-refractivity contribution is 0.101. The number of nitrogens with two attached hydrogens (primary N) is 1. The standard InChI is InChI=1S/C22H27N5O3/c1-12(2)30-21-16(22(3)9-10-22)15-17(23)25-19(26-18(15)27-21)20(28)24-14-7-5-13(6-8-14)11-29-4/h5-8,12H,9-11H2,1-4H3,(H,24,28)(H3,23,25,26,27). The third-order valence-corrected chi connectivity index (χ3v) is 5.33. The molecule has 1 aliphatic carbocycles. The van der Waals surface area contributed by atoms with Crippen LogP contribution >= 0.6 is 0 Å². The first kappa shape index (κ1) is 20.2. The number of fused-ring (bicyclic) bond motifs is 1. The summed E-state index contributed by atoms with van der Waals surface area (Å²) in [5, 5.41) is 3.55. The van der Waals surface area contributed by atoms with Gasteiger partial charge in [-0.2, -0.15) is 0 Å². The van der Waals surface area contributed by atoms with E-state index in [1.807, 2.05) is 38.1 Å². The number of hydrogen-bond donors (Lipinski definition) is 3. The Labute approximate surface area is 175 Å². The van der Waals surface area contributed by atoms with Crippen molar-refractivity contribution in [3.63, 3.8) is 0 Å². The van der Waals surface area contributed by atoms with Crippen LogP contribution < -0.4 is 15.8 Å². The molecule has 0 radical (unpaired) electrons. The molecule has 0 spiro atoms. The van der Waals surface area contributed by atoms with E-state index in [0.29, 0.717) is 23.8 Å². The van der Waals surface area contributed by atoms with Crippen LogP contribution in [-0.2, 0) is 16.8 Å². The van der Waals surface area contributed by atoms with Gasteiger partial charge < -0.3 is 25.5 Å². The number of anilines is 2. The van der Waals surface area contributed by atoms with Crippen LogP contribution in [0.25, 0.3) is 11.0 Å².